The molecule has 1 N–H and O–H groups in total. The number of aryl methyl sites for hydroxylation is 1. The molecular weight excluding hydrogens is 591 g/mol. The molecule has 216 valence electrons. The second-order valence-corrected chi connectivity index (χ2v) is 11.4. The molecule has 0 amide bonds. The minimum atomic E-state index is -0.916. The third kappa shape index (κ3) is 5.79. The molecule has 0 aliphatic carbocycles. The molecule has 43 heavy (non-hydrogen) atoms. The van der Waals surface area contributed by atoms with E-state index in [2.05, 4.69) is 9.97 Å². The van der Waals surface area contributed by atoms with Crippen LogP contribution in [-0.2, 0) is 9.53 Å². The van der Waals surface area contributed by atoms with Gasteiger partial charge < -0.3 is 14.1 Å². The number of fused-ring (bicyclic) bond motifs is 1. The van der Waals surface area contributed by atoms with Gasteiger partial charge in [0.1, 0.15) is 11.6 Å². The van der Waals surface area contributed by atoms with Crippen molar-refractivity contribution >= 4 is 40.8 Å². The Morgan fingerprint density at radius 2 is 1.91 bits per heavy atom. The van der Waals surface area contributed by atoms with Gasteiger partial charge in [-0.3, -0.25) is 14.2 Å². The number of benzene rings is 2. The molecule has 2 aromatic carbocycles. The largest absolute Gasteiger partial charge is 0.463 e. The molecule has 9 nitrogen and oxygen atoms in total. The van der Waals surface area contributed by atoms with Gasteiger partial charge in [0, 0.05) is 23.4 Å². The topological polar surface area (TPSA) is 120 Å². The summed E-state index contributed by atoms with van der Waals surface area (Å²) in [5, 5.41) is 0.845. The summed E-state index contributed by atoms with van der Waals surface area (Å²) < 4.78 is 27.0. The molecule has 0 saturated heterocycles. The van der Waals surface area contributed by atoms with Crippen LogP contribution in [0, 0.1) is 12.7 Å². The maximum absolute atomic E-state index is 13.9. The third-order valence-corrected chi connectivity index (χ3v) is 8.27. The molecule has 0 saturated carbocycles. The molecule has 5 aromatic rings. The number of nitrogens with zero attached hydrogens (tertiary/aromatic N) is 3. The van der Waals surface area contributed by atoms with Crippen molar-refractivity contribution < 1.29 is 18.3 Å². The van der Waals surface area contributed by atoms with E-state index in [1.807, 2.05) is 30.3 Å². The monoisotopic (exact) mass is 614 g/mol. The van der Waals surface area contributed by atoms with E-state index in [4.69, 9.17) is 14.1 Å². The Kier molecular flexibility index (Phi) is 7.78. The summed E-state index contributed by atoms with van der Waals surface area (Å²) in [7, 11) is 0. The molecule has 3 aromatic heterocycles. The highest BCUT2D eigenvalue weighted by atomic mass is 32.2. The normalized spacial score (nSPS) is 14.9. The first kappa shape index (κ1) is 28.3. The number of carbonyl (C=O) groups excluding carboxylic acids is 1. The van der Waals surface area contributed by atoms with Crippen LogP contribution in [0.1, 0.15) is 35.5 Å². The molecule has 0 fully saturated rings. The van der Waals surface area contributed by atoms with E-state index in [0.29, 0.717) is 47.9 Å². The lowest BCUT2D eigenvalue weighted by molar-refractivity contribution is -0.138. The van der Waals surface area contributed by atoms with E-state index in [1.54, 1.807) is 44.2 Å². The second-order valence-electron chi connectivity index (χ2n) is 9.43. The molecule has 12 heteroatoms. The number of thiazole rings is 1. The van der Waals surface area contributed by atoms with Crippen LogP contribution in [0.5, 0.6) is 0 Å². The number of furan rings is 1. The average molecular weight is 615 g/mol. The molecule has 0 bridgehead atoms. The van der Waals surface area contributed by atoms with Crippen molar-refractivity contribution in [1.82, 2.24) is 14.5 Å². The quantitative estimate of drug-likeness (QED) is 0.216. The Balaban J connectivity index is 1.50. The van der Waals surface area contributed by atoms with Gasteiger partial charge in [-0.15, -0.1) is 0 Å². The predicted molar refractivity (Wildman–Crippen MR) is 160 cm³/mol. The van der Waals surface area contributed by atoms with Crippen molar-refractivity contribution in [2.75, 3.05) is 6.61 Å². The Bertz CT molecular complexity index is 2110. The number of rotatable bonds is 7. The lowest BCUT2D eigenvalue weighted by Gasteiger charge is -2.25. The van der Waals surface area contributed by atoms with Crippen LogP contribution in [0.3, 0.4) is 0 Å². The molecule has 0 spiro atoms. The van der Waals surface area contributed by atoms with Crippen LogP contribution in [-0.4, -0.2) is 27.1 Å². The van der Waals surface area contributed by atoms with Gasteiger partial charge in [-0.2, -0.15) is 0 Å². The number of ether oxygens (including phenoxy) is 1. The predicted octanol–water partition coefficient (Wildman–Crippen LogP) is 4.21. The van der Waals surface area contributed by atoms with Gasteiger partial charge in [0.15, 0.2) is 15.1 Å². The summed E-state index contributed by atoms with van der Waals surface area (Å²) in [6.45, 7) is 3.55. The van der Waals surface area contributed by atoms with E-state index >= 15 is 0 Å². The first-order chi connectivity index (χ1) is 20.8. The molecule has 6 rings (SSSR count). The fourth-order valence-electron chi connectivity index (χ4n) is 4.69. The van der Waals surface area contributed by atoms with Gasteiger partial charge in [0.2, 0.25) is 0 Å². The average Bonchev–Trinajstić information content (AvgIpc) is 3.55. The lowest BCUT2D eigenvalue weighted by atomic mass is 9.93. The van der Waals surface area contributed by atoms with Gasteiger partial charge in [-0.25, -0.2) is 19.2 Å². The molecule has 1 atom stereocenters. The fraction of sp³-hybridized carbons (Fsp3) is 0.129. The van der Waals surface area contributed by atoms with Gasteiger partial charge >= 0.3 is 5.97 Å². The second kappa shape index (κ2) is 11.8. The van der Waals surface area contributed by atoms with Gasteiger partial charge in [-0.1, -0.05) is 53.8 Å². The van der Waals surface area contributed by atoms with Crippen molar-refractivity contribution in [1.29, 1.82) is 0 Å². The molecule has 4 heterocycles. The standard InChI is InChI=1S/C31H23FN4O5S2/c1-3-40-29(39)25-26(18-7-5-4-6-8-18)35-31-36(27(25)19-9-11-20(32)12-10-19)28(38)22(42-31)16-21-13-14-24(41-21)43-30-33-17(2)15-23(37)34-30/h4-16,27H,3H2,1-2H3,(H,33,34,37)/b22-16+/t27-/m0/s1. The molecule has 1 aliphatic heterocycles. The molecular formula is C31H23FN4O5S2. The highest BCUT2D eigenvalue weighted by Crippen LogP contribution is 2.35. The zero-order valence-electron chi connectivity index (χ0n) is 22.9. The zero-order chi connectivity index (χ0) is 30.1. The molecule has 1 aliphatic rings. The maximum Gasteiger partial charge on any atom is 0.338 e. The van der Waals surface area contributed by atoms with E-state index < -0.39 is 23.4 Å². The fourth-order valence-corrected chi connectivity index (χ4v) is 6.48. The van der Waals surface area contributed by atoms with E-state index in [1.165, 1.54) is 22.8 Å². The Hall–Kier alpha value is -4.81. The van der Waals surface area contributed by atoms with Crippen LogP contribution in [0.25, 0.3) is 11.8 Å². The summed E-state index contributed by atoms with van der Waals surface area (Å²) in [6.07, 6.45) is 1.60. The summed E-state index contributed by atoms with van der Waals surface area (Å²) >= 11 is 2.29. The van der Waals surface area contributed by atoms with Crippen molar-refractivity contribution in [2.24, 2.45) is 4.99 Å². The number of halogens is 1. The van der Waals surface area contributed by atoms with Crippen molar-refractivity contribution in [3.8, 4) is 0 Å². The van der Waals surface area contributed by atoms with Crippen LogP contribution in [0.4, 0.5) is 4.39 Å². The summed E-state index contributed by atoms with van der Waals surface area (Å²) in [5.41, 5.74) is 1.65. The number of aromatic nitrogens is 3. The van der Waals surface area contributed by atoms with Gasteiger partial charge in [-0.05, 0) is 55.4 Å². The zero-order valence-corrected chi connectivity index (χ0v) is 24.5. The van der Waals surface area contributed by atoms with E-state index in [9.17, 15) is 18.8 Å². The minimum absolute atomic E-state index is 0.121. The number of H-pyrrole nitrogens is 1. The summed E-state index contributed by atoms with van der Waals surface area (Å²) in [4.78, 5) is 51.3. The summed E-state index contributed by atoms with van der Waals surface area (Å²) in [6, 6.07) is 18.7. The Morgan fingerprint density at radius 3 is 2.63 bits per heavy atom. The number of aromatic amines is 1. The highest BCUT2D eigenvalue weighted by molar-refractivity contribution is 7.99. The number of carbonyl (C=O) groups is 1. The van der Waals surface area contributed by atoms with Crippen molar-refractivity contribution in [2.45, 2.75) is 30.1 Å². The minimum Gasteiger partial charge on any atom is -0.463 e. The SMILES string of the molecule is CCOC(=O)C1=C(c2ccccc2)N=c2s/c(=C/c3ccc(Sc4nc(C)cc(=O)[nH]4)o3)c(=O)n2[C@H]1c1ccc(F)cc1. The van der Waals surface area contributed by atoms with Crippen LogP contribution in [0.15, 0.2) is 108 Å². The number of nitrogens with one attached hydrogen (secondary N) is 1. The van der Waals surface area contributed by atoms with Crippen molar-refractivity contribution in [3.05, 3.63) is 137 Å². The maximum atomic E-state index is 13.9. The highest BCUT2D eigenvalue weighted by Gasteiger charge is 2.35. The van der Waals surface area contributed by atoms with Crippen LogP contribution in [0.2, 0.25) is 0 Å². The smallest absolute Gasteiger partial charge is 0.338 e. The first-order valence-electron chi connectivity index (χ1n) is 13.2. The number of hydrogen-bond donors (Lipinski definition) is 1. The van der Waals surface area contributed by atoms with E-state index in [-0.39, 0.29) is 17.7 Å². The van der Waals surface area contributed by atoms with Gasteiger partial charge in [0.25, 0.3) is 11.1 Å². The van der Waals surface area contributed by atoms with Crippen LogP contribution < -0.4 is 20.5 Å². The van der Waals surface area contributed by atoms with E-state index in [0.717, 1.165) is 23.1 Å². The number of hydrogen-bond acceptors (Lipinski definition) is 9. The van der Waals surface area contributed by atoms with Crippen LogP contribution >= 0.6 is 23.1 Å². The van der Waals surface area contributed by atoms with Gasteiger partial charge in [0.05, 0.1) is 28.5 Å². The Labute approximate surface area is 251 Å². The molecule has 0 unspecified atom stereocenters. The molecule has 0 radical (unpaired) electrons. The first-order valence-corrected chi connectivity index (χ1v) is 14.8. The Morgan fingerprint density at radius 1 is 1.14 bits per heavy atom. The third-order valence-electron chi connectivity index (χ3n) is 6.48. The number of esters is 1. The summed E-state index contributed by atoms with van der Waals surface area (Å²) in [5.74, 6) is -0.671. The van der Waals surface area contributed by atoms with Crippen molar-refractivity contribution in [3.63, 3.8) is 0 Å². The lowest BCUT2D eigenvalue weighted by Crippen LogP contribution is -2.40.